The molecule has 0 aromatic heterocycles. The monoisotopic (exact) mass is 291 g/mol. The van der Waals surface area contributed by atoms with Crippen LogP contribution in [-0.2, 0) is 9.53 Å². The number of rotatable bonds is 9. The number of carbonyl (C=O) groups is 2. The third-order valence-corrected chi connectivity index (χ3v) is 3.14. The predicted octanol–water partition coefficient (Wildman–Crippen LogP) is 4.16. The Morgan fingerprint density at radius 2 is 1.67 bits per heavy atom. The number of hydrogen-bond donors (Lipinski definition) is 1. The first-order valence-electron chi connectivity index (χ1n) is 7.74. The molecule has 1 rings (SSSR count). The van der Waals surface area contributed by atoms with Crippen molar-refractivity contribution in [1.29, 1.82) is 0 Å². The van der Waals surface area contributed by atoms with Gasteiger partial charge < -0.3 is 10.1 Å². The Morgan fingerprint density at radius 3 is 2.29 bits per heavy atom. The zero-order valence-electron chi connectivity index (χ0n) is 13.0. The molecule has 0 aliphatic heterocycles. The van der Waals surface area contributed by atoms with Crippen LogP contribution in [0.5, 0.6) is 0 Å². The van der Waals surface area contributed by atoms with Gasteiger partial charge in [0.25, 0.3) is 0 Å². The van der Waals surface area contributed by atoms with Crippen LogP contribution in [0, 0.1) is 0 Å². The molecule has 0 atom stereocenters. The van der Waals surface area contributed by atoms with E-state index in [1.807, 2.05) is 6.92 Å². The van der Waals surface area contributed by atoms with Crippen LogP contribution in [0.4, 0.5) is 5.69 Å². The fourth-order valence-electron chi connectivity index (χ4n) is 1.84. The first-order chi connectivity index (χ1) is 10.2. The largest absolute Gasteiger partial charge is 0.462 e. The van der Waals surface area contributed by atoms with Gasteiger partial charge in [-0.25, -0.2) is 4.79 Å². The Morgan fingerprint density at radius 1 is 1.00 bits per heavy atom. The molecular formula is C17H25NO3. The van der Waals surface area contributed by atoms with Crippen molar-refractivity contribution in [3.8, 4) is 0 Å². The van der Waals surface area contributed by atoms with Crippen LogP contribution in [-0.4, -0.2) is 18.5 Å². The molecule has 0 heterocycles. The molecule has 0 unspecified atom stereocenters. The van der Waals surface area contributed by atoms with Crippen LogP contribution in [0.15, 0.2) is 24.3 Å². The quantitative estimate of drug-likeness (QED) is 0.549. The summed E-state index contributed by atoms with van der Waals surface area (Å²) in [6.07, 6.45) is 5.48. The molecule has 0 fully saturated rings. The number of anilines is 1. The Balaban J connectivity index is 2.42. The smallest absolute Gasteiger partial charge is 0.338 e. The van der Waals surface area contributed by atoms with Gasteiger partial charge in [0.05, 0.1) is 12.2 Å². The number of carbonyl (C=O) groups excluding carboxylic acids is 2. The van der Waals surface area contributed by atoms with Gasteiger partial charge in [-0.1, -0.05) is 33.1 Å². The summed E-state index contributed by atoms with van der Waals surface area (Å²) < 4.78 is 5.13. The average Bonchev–Trinajstić information content (AvgIpc) is 2.48. The lowest BCUT2D eigenvalue weighted by molar-refractivity contribution is -0.116. The lowest BCUT2D eigenvalue weighted by Gasteiger charge is -2.07. The molecular weight excluding hydrogens is 266 g/mol. The van der Waals surface area contributed by atoms with Gasteiger partial charge in [-0.2, -0.15) is 0 Å². The standard InChI is InChI=1S/C17H25NO3/c1-3-5-7-8-16(19)18-15-11-9-14(10-12-15)17(20)21-13-6-4-2/h9-12H,3-8,13H2,1-2H3,(H,18,19). The summed E-state index contributed by atoms with van der Waals surface area (Å²) in [6.45, 7) is 4.60. The minimum Gasteiger partial charge on any atom is -0.462 e. The summed E-state index contributed by atoms with van der Waals surface area (Å²) in [5.74, 6) is -0.300. The van der Waals surface area contributed by atoms with Gasteiger partial charge in [0, 0.05) is 12.1 Å². The molecule has 0 spiro atoms. The highest BCUT2D eigenvalue weighted by Crippen LogP contribution is 2.12. The summed E-state index contributed by atoms with van der Waals surface area (Å²) in [6, 6.07) is 6.81. The van der Waals surface area contributed by atoms with Crippen molar-refractivity contribution < 1.29 is 14.3 Å². The third-order valence-electron chi connectivity index (χ3n) is 3.14. The summed E-state index contributed by atoms with van der Waals surface area (Å²) >= 11 is 0. The number of hydrogen-bond acceptors (Lipinski definition) is 3. The van der Waals surface area contributed by atoms with Crippen molar-refractivity contribution in [2.45, 2.75) is 52.4 Å². The molecule has 4 heteroatoms. The number of nitrogens with one attached hydrogen (secondary N) is 1. The van der Waals surface area contributed by atoms with Crippen molar-refractivity contribution in [2.75, 3.05) is 11.9 Å². The van der Waals surface area contributed by atoms with Crippen LogP contribution in [0.25, 0.3) is 0 Å². The number of esters is 1. The van der Waals surface area contributed by atoms with Gasteiger partial charge in [-0.3, -0.25) is 4.79 Å². The fourth-order valence-corrected chi connectivity index (χ4v) is 1.84. The lowest BCUT2D eigenvalue weighted by Crippen LogP contribution is -2.11. The molecule has 116 valence electrons. The van der Waals surface area contributed by atoms with Gasteiger partial charge in [0.15, 0.2) is 0 Å². The molecule has 0 aliphatic rings. The van der Waals surface area contributed by atoms with Crippen LogP contribution in [0.3, 0.4) is 0 Å². The van der Waals surface area contributed by atoms with E-state index in [0.29, 0.717) is 24.3 Å². The second kappa shape index (κ2) is 9.97. The van der Waals surface area contributed by atoms with Crippen LogP contribution in [0.1, 0.15) is 62.7 Å². The first kappa shape index (κ1) is 17.2. The van der Waals surface area contributed by atoms with Gasteiger partial charge in [-0.05, 0) is 37.1 Å². The minimum atomic E-state index is -0.315. The Bertz CT molecular complexity index is 440. The SMILES string of the molecule is CCCCCC(=O)Nc1ccc(C(=O)OCCCC)cc1. The second-order valence-corrected chi connectivity index (χ2v) is 5.07. The maximum atomic E-state index is 11.7. The minimum absolute atomic E-state index is 0.0155. The third kappa shape index (κ3) is 6.93. The molecule has 0 saturated carbocycles. The Kier molecular flexibility index (Phi) is 8.17. The summed E-state index contributed by atoms with van der Waals surface area (Å²) in [4.78, 5) is 23.4. The van der Waals surface area contributed by atoms with Crippen molar-refractivity contribution in [2.24, 2.45) is 0 Å². The highest BCUT2D eigenvalue weighted by atomic mass is 16.5. The molecule has 0 saturated heterocycles. The first-order valence-corrected chi connectivity index (χ1v) is 7.74. The Hall–Kier alpha value is -1.84. The number of unbranched alkanes of at least 4 members (excludes halogenated alkanes) is 3. The maximum absolute atomic E-state index is 11.7. The number of ether oxygens (including phenoxy) is 1. The number of benzene rings is 1. The van der Waals surface area contributed by atoms with Gasteiger partial charge in [0.1, 0.15) is 0 Å². The van der Waals surface area contributed by atoms with Crippen LogP contribution in [0.2, 0.25) is 0 Å². The molecule has 21 heavy (non-hydrogen) atoms. The second-order valence-electron chi connectivity index (χ2n) is 5.07. The molecule has 4 nitrogen and oxygen atoms in total. The molecule has 1 N–H and O–H groups in total. The van der Waals surface area contributed by atoms with E-state index >= 15 is 0 Å². The van der Waals surface area contributed by atoms with Gasteiger partial charge in [-0.15, -0.1) is 0 Å². The van der Waals surface area contributed by atoms with Crippen molar-refractivity contribution in [3.05, 3.63) is 29.8 Å². The van der Waals surface area contributed by atoms with Crippen molar-refractivity contribution >= 4 is 17.6 Å². The predicted molar refractivity (Wildman–Crippen MR) is 84.4 cm³/mol. The summed E-state index contributed by atoms with van der Waals surface area (Å²) in [7, 11) is 0. The van der Waals surface area contributed by atoms with Crippen LogP contribution < -0.4 is 5.32 Å². The van der Waals surface area contributed by atoms with E-state index in [0.717, 1.165) is 32.1 Å². The van der Waals surface area contributed by atoms with Gasteiger partial charge in [0.2, 0.25) is 5.91 Å². The zero-order valence-corrected chi connectivity index (χ0v) is 13.0. The van der Waals surface area contributed by atoms with E-state index in [1.54, 1.807) is 24.3 Å². The zero-order chi connectivity index (χ0) is 15.5. The highest BCUT2D eigenvalue weighted by molar-refractivity contribution is 5.93. The molecule has 1 aromatic rings. The molecule has 0 bridgehead atoms. The highest BCUT2D eigenvalue weighted by Gasteiger charge is 2.07. The molecule has 1 amide bonds. The van der Waals surface area contributed by atoms with E-state index in [1.165, 1.54) is 0 Å². The van der Waals surface area contributed by atoms with E-state index < -0.39 is 0 Å². The normalized spacial score (nSPS) is 10.2. The van der Waals surface area contributed by atoms with Crippen molar-refractivity contribution in [3.63, 3.8) is 0 Å². The molecule has 0 aliphatic carbocycles. The van der Waals surface area contributed by atoms with E-state index in [2.05, 4.69) is 12.2 Å². The average molecular weight is 291 g/mol. The Labute approximate surface area is 126 Å². The van der Waals surface area contributed by atoms with E-state index in [4.69, 9.17) is 4.74 Å². The van der Waals surface area contributed by atoms with E-state index in [9.17, 15) is 9.59 Å². The number of amides is 1. The summed E-state index contributed by atoms with van der Waals surface area (Å²) in [5.41, 5.74) is 1.22. The fraction of sp³-hybridized carbons (Fsp3) is 0.529. The van der Waals surface area contributed by atoms with Crippen molar-refractivity contribution in [1.82, 2.24) is 0 Å². The lowest BCUT2D eigenvalue weighted by atomic mass is 10.2. The molecule has 0 radical (unpaired) electrons. The van der Waals surface area contributed by atoms with E-state index in [-0.39, 0.29) is 11.9 Å². The topological polar surface area (TPSA) is 55.4 Å². The van der Waals surface area contributed by atoms with Crippen LogP contribution >= 0.6 is 0 Å². The van der Waals surface area contributed by atoms with Gasteiger partial charge >= 0.3 is 5.97 Å². The molecule has 1 aromatic carbocycles. The summed E-state index contributed by atoms with van der Waals surface area (Å²) in [5, 5.41) is 2.83. The maximum Gasteiger partial charge on any atom is 0.338 e.